The third kappa shape index (κ3) is 3.06. The van der Waals surface area contributed by atoms with Crippen molar-refractivity contribution in [1.82, 2.24) is 0 Å². The molecule has 5 aromatic rings. The summed E-state index contributed by atoms with van der Waals surface area (Å²) >= 11 is 0. The predicted molar refractivity (Wildman–Crippen MR) is 140 cm³/mol. The van der Waals surface area contributed by atoms with Crippen molar-refractivity contribution in [2.45, 2.75) is 19.3 Å². The Balaban J connectivity index is 1.82. The molecule has 0 heteroatoms. The van der Waals surface area contributed by atoms with E-state index in [-0.39, 0.29) is 5.41 Å². The van der Waals surface area contributed by atoms with Gasteiger partial charge in [0.1, 0.15) is 0 Å². The Bertz CT molecular complexity index is 1440. The van der Waals surface area contributed by atoms with Crippen molar-refractivity contribution in [2.75, 3.05) is 0 Å². The first-order valence-corrected chi connectivity index (χ1v) is 11.6. The van der Waals surface area contributed by atoms with Gasteiger partial charge in [0.25, 0.3) is 0 Å². The van der Waals surface area contributed by atoms with E-state index in [1.807, 2.05) is 0 Å². The molecule has 0 saturated heterocycles. The Kier molecular flexibility index (Phi) is 4.55. The van der Waals surface area contributed by atoms with Gasteiger partial charge in [-0.15, -0.1) is 0 Å². The fourth-order valence-electron chi connectivity index (χ4n) is 5.56. The molecule has 0 spiro atoms. The summed E-state index contributed by atoms with van der Waals surface area (Å²) in [5.74, 6) is 0. The molecule has 0 fully saturated rings. The van der Waals surface area contributed by atoms with Gasteiger partial charge in [-0.05, 0) is 61.7 Å². The smallest absolute Gasteiger partial charge is 0.0165 e. The van der Waals surface area contributed by atoms with E-state index in [9.17, 15) is 0 Å². The highest BCUT2D eigenvalue weighted by atomic mass is 14.4. The molecule has 0 radical (unpaired) electrons. The lowest BCUT2D eigenvalue weighted by molar-refractivity contribution is 0.662. The number of rotatable bonds is 3. The lowest BCUT2D eigenvalue weighted by atomic mass is 9.75. The maximum absolute atomic E-state index is 2.42. The van der Waals surface area contributed by atoms with Crippen LogP contribution in [0.2, 0.25) is 0 Å². The molecule has 0 bridgehead atoms. The summed E-state index contributed by atoms with van der Waals surface area (Å²) in [5.41, 5.74) is 13.2. The van der Waals surface area contributed by atoms with Crippen LogP contribution in [-0.4, -0.2) is 0 Å². The van der Waals surface area contributed by atoms with Crippen molar-refractivity contribution in [3.05, 3.63) is 132 Å². The van der Waals surface area contributed by atoms with Gasteiger partial charge in [-0.2, -0.15) is 0 Å². The zero-order valence-electron chi connectivity index (χ0n) is 19.0. The van der Waals surface area contributed by atoms with Crippen molar-refractivity contribution in [3.8, 4) is 44.5 Å². The Morgan fingerprint density at radius 2 is 0.879 bits per heavy atom. The minimum absolute atomic E-state index is 0.106. The zero-order chi connectivity index (χ0) is 22.4. The molecule has 0 unspecified atom stereocenters. The van der Waals surface area contributed by atoms with Crippen LogP contribution in [0.25, 0.3) is 44.5 Å². The highest BCUT2D eigenvalue weighted by Gasteiger charge is 2.40. The summed E-state index contributed by atoms with van der Waals surface area (Å²) in [7, 11) is 0. The van der Waals surface area contributed by atoms with E-state index >= 15 is 0 Å². The second kappa shape index (κ2) is 7.60. The molecule has 0 saturated carbocycles. The van der Waals surface area contributed by atoms with Gasteiger partial charge in [-0.3, -0.25) is 0 Å². The molecule has 5 aromatic carbocycles. The monoisotopic (exact) mass is 422 g/mol. The SMILES string of the molecule is CC1(C)c2ccccc2-c2c(-c3ccccc3)cc(-c3ccccc3)c(-c3ccccc3)c21. The Morgan fingerprint density at radius 3 is 1.45 bits per heavy atom. The largest absolute Gasteiger partial charge is 0.0622 e. The van der Waals surface area contributed by atoms with Crippen LogP contribution in [0.3, 0.4) is 0 Å². The third-order valence-corrected chi connectivity index (χ3v) is 7.05. The van der Waals surface area contributed by atoms with Gasteiger partial charge in [0.2, 0.25) is 0 Å². The van der Waals surface area contributed by atoms with Gasteiger partial charge in [0.15, 0.2) is 0 Å². The van der Waals surface area contributed by atoms with Gasteiger partial charge in [-0.25, -0.2) is 0 Å². The third-order valence-electron chi connectivity index (χ3n) is 7.05. The van der Waals surface area contributed by atoms with E-state index < -0.39 is 0 Å². The summed E-state index contributed by atoms with van der Waals surface area (Å²) in [4.78, 5) is 0. The number of fused-ring (bicyclic) bond motifs is 3. The van der Waals surface area contributed by atoms with Gasteiger partial charge < -0.3 is 0 Å². The molecule has 0 aliphatic heterocycles. The average Bonchev–Trinajstić information content (AvgIpc) is 3.12. The van der Waals surface area contributed by atoms with Crippen LogP contribution >= 0.6 is 0 Å². The molecule has 0 heterocycles. The molecule has 1 aliphatic carbocycles. The minimum Gasteiger partial charge on any atom is -0.0622 e. The highest BCUT2D eigenvalue weighted by Crippen LogP contribution is 2.57. The van der Waals surface area contributed by atoms with Crippen LogP contribution in [0.15, 0.2) is 121 Å². The molecular formula is C33H26. The topological polar surface area (TPSA) is 0 Å². The van der Waals surface area contributed by atoms with Crippen molar-refractivity contribution in [2.24, 2.45) is 0 Å². The lowest BCUT2D eigenvalue weighted by Crippen LogP contribution is -2.17. The van der Waals surface area contributed by atoms with Gasteiger partial charge in [-0.1, -0.05) is 129 Å². The number of benzene rings is 5. The molecule has 0 atom stereocenters. The van der Waals surface area contributed by atoms with E-state index in [1.54, 1.807) is 0 Å². The quantitative estimate of drug-likeness (QED) is 0.272. The van der Waals surface area contributed by atoms with E-state index in [1.165, 1.54) is 55.6 Å². The summed E-state index contributed by atoms with van der Waals surface area (Å²) in [5, 5.41) is 0. The van der Waals surface area contributed by atoms with Gasteiger partial charge >= 0.3 is 0 Å². The fourth-order valence-corrected chi connectivity index (χ4v) is 5.56. The first-order valence-electron chi connectivity index (χ1n) is 11.6. The van der Waals surface area contributed by atoms with Crippen LogP contribution in [0.5, 0.6) is 0 Å². The second-order valence-electron chi connectivity index (χ2n) is 9.37. The summed E-state index contributed by atoms with van der Waals surface area (Å²) < 4.78 is 0. The van der Waals surface area contributed by atoms with Crippen molar-refractivity contribution >= 4 is 0 Å². The highest BCUT2D eigenvalue weighted by molar-refractivity contribution is 6.02. The summed E-state index contributed by atoms with van der Waals surface area (Å²) in [6.07, 6.45) is 0. The van der Waals surface area contributed by atoms with E-state index in [0.717, 1.165) is 0 Å². The molecule has 0 N–H and O–H groups in total. The molecular weight excluding hydrogens is 396 g/mol. The minimum atomic E-state index is -0.106. The second-order valence-corrected chi connectivity index (χ2v) is 9.37. The number of hydrogen-bond acceptors (Lipinski definition) is 0. The molecule has 0 aromatic heterocycles. The van der Waals surface area contributed by atoms with Crippen LogP contribution in [-0.2, 0) is 5.41 Å². The molecule has 1 aliphatic rings. The molecule has 33 heavy (non-hydrogen) atoms. The molecule has 0 amide bonds. The molecule has 0 nitrogen and oxygen atoms in total. The lowest BCUT2D eigenvalue weighted by Gasteiger charge is -2.28. The van der Waals surface area contributed by atoms with Crippen LogP contribution in [0, 0.1) is 0 Å². The predicted octanol–water partition coefficient (Wildman–Crippen LogP) is 8.99. The van der Waals surface area contributed by atoms with Crippen LogP contribution in [0.1, 0.15) is 25.0 Å². The van der Waals surface area contributed by atoms with Crippen molar-refractivity contribution < 1.29 is 0 Å². The molecule has 6 rings (SSSR count). The Morgan fingerprint density at radius 1 is 0.424 bits per heavy atom. The zero-order valence-corrected chi connectivity index (χ0v) is 19.0. The summed E-state index contributed by atoms with van der Waals surface area (Å²) in [6, 6.07) is 44.0. The Hall–Kier alpha value is -3.90. The normalized spacial score (nSPS) is 13.4. The van der Waals surface area contributed by atoms with Crippen molar-refractivity contribution in [1.29, 1.82) is 0 Å². The first-order chi connectivity index (χ1) is 16.2. The van der Waals surface area contributed by atoms with E-state index in [4.69, 9.17) is 0 Å². The summed E-state index contributed by atoms with van der Waals surface area (Å²) in [6.45, 7) is 4.77. The Labute approximate surface area is 196 Å². The van der Waals surface area contributed by atoms with Crippen LogP contribution < -0.4 is 0 Å². The first kappa shape index (κ1) is 19.8. The maximum atomic E-state index is 2.42. The average molecular weight is 423 g/mol. The van der Waals surface area contributed by atoms with E-state index in [0.29, 0.717) is 0 Å². The van der Waals surface area contributed by atoms with Crippen molar-refractivity contribution in [3.63, 3.8) is 0 Å². The molecule has 158 valence electrons. The number of hydrogen-bond donors (Lipinski definition) is 0. The van der Waals surface area contributed by atoms with Crippen LogP contribution in [0.4, 0.5) is 0 Å². The van der Waals surface area contributed by atoms with Gasteiger partial charge in [0.05, 0.1) is 0 Å². The van der Waals surface area contributed by atoms with Gasteiger partial charge in [0, 0.05) is 5.41 Å². The fraction of sp³-hybridized carbons (Fsp3) is 0.0909. The standard InChI is InChI=1S/C33H26/c1-33(2)29-21-13-12-20-26(29)31-28(24-16-8-4-9-17-24)22-27(23-14-6-3-7-15-23)30(32(31)33)25-18-10-5-11-19-25/h3-22H,1-2H3. The maximum Gasteiger partial charge on any atom is 0.0165 e. The van der Waals surface area contributed by atoms with E-state index in [2.05, 4.69) is 135 Å².